The average Bonchev–Trinajstić information content (AvgIpc) is 2.36. The summed E-state index contributed by atoms with van der Waals surface area (Å²) >= 11 is 0. The summed E-state index contributed by atoms with van der Waals surface area (Å²) in [5.41, 5.74) is 8.29. The molecule has 96 valence electrons. The summed E-state index contributed by atoms with van der Waals surface area (Å²) in [5.74, 6) is 0. The van der Waals surface area contributed by atoms with E-state index in [-0.39, 0.29) is 12.6 Å². The van der Waals surface area contributed by atoms with Crippen molar-refractivity contribution in [2.24, 2.45) is 5.73 Å². The summed E-state index contributed by atoms with van der Waals surface area (Å²) in [6, 6.07) is 8.94. The standard InChI is InChI=1S/C14H24N2O/c1-3-13(8-9-17)16-14(10-15)12-6-4-11(2)5-7-12/h4-7,13-14,16-17H,3,8-10,15H2,1-2H3. The molecule has 17 heavy (non-hydrogen) atoms. The Morgan fingerprint density at radius 3 is 2.41 bits per heavy atom. The van der Waals surface area contributed by atoms with Gasteiger partial charge in [-0.3, -0.25) is 0 Å². The van der Waals surface area contributed by atoms with Crippen molar-refractivity contribution < 1.29 is 5.11 Å². The minimum absolute atomic E-state index is 0.173. The number of aryl methyl sites for hydroxylation is 1. The summed E-state index contributed by atoms with van der Waals surface area (Å²) in [5, 5.41) is 12.5. The maximum Gasteiger partial charge on any atom is 0.0446 e. The van der Waals surface area contributed by atoms with E-state index in [1.165, 1.54) is 11.1 Å². The summed E-state index contributed by atoms with van der Waals surface area (Å²) < 4.78 is 0. The highest BCUT2D eigenvalue weighted by Crippen LogP contribution is 2.14. The molecular weight excluding hydrogens is 212 g/mol. The highest BCUT2D eigenvalue weighted by atomic mass is 16.3. The SMILES string of the molecule is CCC(CCO)NC(CN)c1ccc(C)cc1. The summed E-state index contributed by atoms with van der Waals surface area (Å²) in [6.45, 7) is 4.99. The minimum Gasteiger partial charge on any atom is -0.396 e. The third kappa shape index (κ3) is 4.46. The van der Waals surface area contributed by atoms with E-state index in [1.807, 2.05) is 0 Å². The highest BCUT2D eigenvalue weighted by Gasteiger charge is 2.13. The summed E-state index contributed by atoms with van der Waals surface area (Å²) in [4.78, 5) is 0. The molecule has 0 fully saturated rings. The summed E-state index contributed by atoms with van der Waals surface area (Å²) in [7, 11) is 0. The third-order valence-corrected chi connectivity index (χ3v) is 3.12. The molecule has 3 heteroatoms. The topological polar surface area (TPSA) is 58.3 Å². The molecule has 0 saturated heterocycles. The Balaban J connectivity index is 2.67. The van der Waals surface area contributed by atoms with Gasteiger partial charge in [0.1, 0.15) is 0 Å². The molecule has 2 atom stereocenters. The quantitative estimate of drug-likeness (QED) is 0.676. The van der Waals surface area contributed by atoms with Crippen LogP contribution in [0.5, 0.6) is 0 Å². The molecule has 0 amide bonds. The van der Waals surface area contributed by atoms with Crippen LogP contribution in [0.4, 0.5) is 0 Å². The molecule has 0 radical (unpaired) electrons. The largest absolute Gasteiger partial charge is 0.396 e. The molecule has 0 bridgehead atoms. The van der Waals surface area contributed by atoms with Crippen molar-refractivity contribution in [1.82, 2.24) is 5.32 Å². The van der Waals surface area contributed by atoms with Crippen molar-refractivity contribution in [3.05, 3.63) is 35.4 Å². The number of nitrogens with two attached hydrogens (primary N) is 1. The molecule has 3 nitrogen and oxygen atoms in total. The minimum atomic E-state index is 0.173. The Hall–Kier alpha value is -0.900. The van der Waals surface area contributed by atoms with E-state index in [0.29, 0.717) is 12.6 Å². The summed E-state index contributed by atoms with van der Waals surface area (Å²) in [6.07, 6.45) is 1.78. The van der Waals surface area contributed by atoms with Crippen LogP contribution in [-0.4, -0.2) is 24.3 Å². The lowest BCUT2D eigenvalue weighted by Gasteiger charge is -2.24. The first-order valence-electron chi connectivity index (χ1n) is 6.34. The molecule has 0 saturated carbocycles. The Morgan fingerprint density at radius 2 is 1.94 bits per heavy atom. The number of hydrogen-bond donors (Lipinski definition) is 3. The van der Waals surface area contributed by atoms with Crippen molar-refractivity contribution in [3.8, 4) is 0 Å². The van der Waals surface area contributed by atoms with Crippen molar-refractivity contribution in [1.29, 1.82) is 0 Å². The third-order valence-electron chi connectivity index (χ3n) is 3.12. The average molecular weight is 236 g/mol. The zero-order valence-corrected chi connectivity index (χ0v) is 10.8. The fraction of sp³-hybridized carbons (Fsp3) is 0.571. The van der Waals surface area contributed by atoms with Crippen molar-refractivity contribution in [3.63, 3.8) is 0 Å². The number of rotatable bonds is 7. The first-order valence-corrected chi connectivity index (χ1v) is 6.34. The second-order valence-corrected chi connectivity index (χ2v) is 4.48. The molecule has 0 aliphatic carbocycles. The van der Waals surface area contributed by atoms with Gasteiger partial charge in [0.15, 0.2) is 0 Å². The van der Waals surface area contributed by atoms with E-state index >= 15 is 0 Å². The predicted molar refractivity (Wildman–Crippen MR) is 71.9 cm³/mol. The van der Waals surface area contributed by atoms with Crippen LogP contribution in [0.1, 0.15) is 36.9 Å². The lowest BCUT2D eigenvalue weighted by molar-refractivity contribution is 0.256. The van der Waals surface area contributed by atoms with Crippen molar-refractivity contribution in [2.75, 3.05) is 13.2 Å². The molecule has 4 N–H and O–H groups in total. The first-order chi connectivity index (χ1) is 8.21. The van der Waals surface area contributed by atoms with Gasteiger partial charge in [-0.15, -0.1) is 0 Å². The van der Waals surface area contributed by atoms with Crippen LogP contribution < -0.4 is 11.1 Å². The van der Waals surface area contributed by atoms with Gasteiger partial charge in [-0.25, -0.2) is 0 Å². The molecule has 1 aromatic carbocycles. The van der Waals surface area contributed by atoms with E-state index in [4.69, 9.17) is 10.8 Å². The normalized spacial score (nSPS) is 14.6. The zero-order valence-electron chi connectivity index (χ0n) is 10.8. The Labute approximate surface area is 104 Å². The van der Waals surface area contributed by atoms with Gasteiger partial charge in [-0.05, 0) is 25.3 Å². The van der Waals surface area contributed by atoms with Crippen LogP contribution in [0, 0.1) is 6.92 Å². The van der Waals surface area contributed by atoms with Gasteiger partial charge in [-0.1, -0.05) is 36.8 Å². The Bertz CT molecular complexity index is 311. The van der Waals surface area contributed by atoms with Gasteiger partial charge in [0, 0.05) is 25.2 Å². The van der Waals surface area contributed by atoms with E-state index in [1.54, 1.807) is 0 Å². The van der Waals surface area contributed by atoms with Gasteiger partial charge in [0.2, 0.25) is 0 Å². The smallest absolute Gasteiger partial charge is 0.0446 e. The Kier molecular flexibility index (Phi) is 6.19. The van der Waals surface area contributed by atoms with E-state index < -0.39 is 0 Å². The second-order valence-electron chi connectivity index (χ2n) is 4.48. The van der Waals surface area contributed by atoms with Gasteiger partial charge in [0.05, 0.1) is 0 Å². The molecule has 0 spiro atoms. The van der Waals surface area contributed by atoms with Crippen molar-refractivity contribution >= 4 is 0 Å². The second kappa shape index (κ2) is 7.43. The molecule has 0 aliphatic rings. The van der Waals surface area contributed by atoms with Crippen LogP contribution in [0.3, 0.4) is 0 Å². The number of aliphatic hydroxyl groups is 1. The van der Waals surface area contributed by atoms with Gasteiger partial charge in [0.25, 0.3) is 0 Å². The zero-order chi connectivity index (χ0) is 12.7. The fourth-order valence-electron chi connectivity index (χ4n) is 1.94. The highest BCUT2D eigenvalue weighted by molar-refractivity contribution is 5.24. The molecule has 0 aliphatic heterocycles. The van der Waals surface area contributed by atoms with E-state index in [9.17, 15) is 0 Å². The predicted octanol–water partition coefficient (Wildman–Crippen LogP) is 1.75. The van der Waals surface area contributed by atoms with Crippen LogP contribution in [0.15, 0.2) is 24.3 Å². The number of hydrogen-bond acceptors (Lipinski definition) is 3. The number of aliphatic hydroxyl groups excluding tert-OH is 1. The van der Waals surface area contributed by atoms with Crippen LogP contribution in [0.25, 0.3) is 0 Å². The van der Waals surface area contributed by atoms with Crippen LogP contribution in [-0.2, 0) is 0 Å². The molecular formula is C14H24N2O. The van der Waals surface area contributed by atoms with E-state index in [2.05, 4.69) is 43.4 Å². The van der Waals surface area contributed by atoms with Gasteiger partial charge >= 0.3 is 0 Å². The monoisotopic (exact) mass is 236 g/mol. The van der Waals surface area contributed by atoms with Gasteiger partial charge in [-0.2, -0.15) is 0 Å². The Morgan fingerprint density at radius 1 is 1.29 bits per heavy atom. The maximum absolute atomic E-state index is 8.99. The van der Waals surface area contributed by atoms with E-state index in [0.717, 1.165) is 12.8 Å². The van der Waals surface area contributed by atoms with Gasteiger partial charge < -0.3 is 16.2 Å². The lowest BCUT2D eigenvalue weighted by Crippen LogP contribution is -2.37. The fourth-order valence-corrected chi connectivity index (χ4v) is 1.94. The number of benzene rings is 1. The van der Waals surface area contributed by atoms with Crippen molar-refractivity contribution in [2.45, 2.75) is 38.8 Å². The molecule has 0 aromatic heterocycles. The first kappa shape index (κ1) is 14.2. The lowest BCUT2D eigenvalue weighted by atomic mass is 10.0. The van der Waals surface area contributed by atoms with Crippen LogP contribution in [0.2, 0.25) is 0 Å². The van der Waals surface area contributed by atoms with Crippen LogP contribution >= 0.6 is 0 Å². The molecule has 0 heterocycles. The molecule has 1 rings (SSSR count). The maximum atomic E-state index is 8.99. The molecule has 1 aromatic rings. The molecule has 2 unspecified atom stereocenters. The number of nitrogens with one attached hydrogen (secondary N) is 1.